The highest BCUT2D eigenvalue weighted by atomic mass is 16.3. The van der Waals surface area contributed by atoms with Gasteiger partial charge in [-0.1, -0.05) is 13.5 Å². The largest absolute Gasteiger partial charge is 0.375 e. The molecule has 0 aromatic heterocycles. The molecular weight excluding hydrogens is 102 g/mol. The van der Waals surface area contributed by atoms with E-state index in [1.165, 1.54) is 6.08 Å². The lowest BCUT2D eigenvalue weighted by atomic mass is 10.4. The van der Waals surface area contributed by atoms with Crippen LogP contribution in [0.2, 0.25) is 0 Å². The van der Waals surface area contributed by atoms with Gasteiger partial charge in [0, 0.05) is 0 Å². The lowest BCUT2D eigenvalue weighted by Gasteiger charge is -2.04. The Labute approximate surface area is 50.2 Å². The van der Waals surface area contributed by atoms with Crippen molar-refractivity contribution in [2.24, 2.45) is 0 Å². The number of nitrogens with one attached hydrogen (secondary N) is 1. The molecule has 2 N–H and O–H groups in total. The second-order valence-electron chi connectivity index (χ2n) is 1.63. The molecule has 0 aromatic rings. The lowest BCUT2D eigenvalue weighted by Crippen LogP contribution is -2.26. The molecule has 0 bridgehead atoms. The zero-order valence-electron chi connectivity index (χ0n) is 5.22. The summed E-state index contributed by atoms with van der Waals surface area (Å²) in [7, 11) is 0. The molecule has 0 aliphatic carbocycles. The highest BCUT2D eigenvalue weighted by Gasteiger charge is 1.90. The first-order valence-electron chi connectivity index (χ1n) is 2.85. The maximum absolute atomic E-state index is 8.76. The van der Waals surface area contributed by atoms with Gasteiger partial charge < -0.3 is 5.11 Å². The van der Waals surface area contributed by atoms with E-state index in [1.807, 2.05) is 6.92 Å². The summed E-state index contributed by atoms with van der Waals surface area (Å²) in [6.45, 7) is 6.29. The van der Waals surface area contributed by atoms with Gasteiger partial charge in [0.05, 0.1) is 0 Å². The van der Waals surface area contributed by atoms with Crippen molar-refractivity contribution < 1.29 is 5.11 Å². The summed E-state index contributed by atoms with van der Waals surface area (Å²) >= 11 is 0. The van der Waals surface area contributed by atoms with Gasteiger partial charge in [-0.05, 0) is 19.0 Å². The van der Waals surface area contributed by atoms with E-state index in [4.69, 9.17) is 5.11 Å². The summed E-state index contributed by atoms with van der Waals surface area (Å²) in [5.41, 5.74) is 0. The molecule has 0 amide bonds. The number of hydrogen-bond donors (Lipinski definition) is 2. The molecule has 0 saturated heterocycles. The van der Waals surface area contributed by atoms with E-state index in [2.05, 4.69) is 11.9 Å². The van der Waals surface area contributed by atoms with E-state index in [0.717, 1.165) is 13.0 Å². The summed E-state index contributed by atoms with van der Waals surface area (Å²) < 4.78 is 0. The Kier molecular flexibility index (Phi) is 4.61. The van der Waals surface area contributed by atoms with Crippen molar-refractivity contribution in [2.75, 3.05) is 6.54 Å². The molecule has 1 atom stereocenters. The average Bonchev–Trinajstić information content (AvgIpc) is 1.83. The monoisotopic (exact) mass is 115 g/mol. The Morgan fingerprint density at radius 3 is 2.88 bits per heavy atom. The van der Waals surface area contributed by atoms with Crippen LogP contribution in [0.5, 0.6) is 0 Å². The minimum atomic E-state index is -0.532. The predicted octanol–water partition coefficient (Wildman–Crippen LogP) is 0.490. The van der Waals surface area contributed by atoms with Crippen LogP contribution in [0.4, 0.5) is 0 Å². The van der Waals surface area contributed by atoms with Crippen molar-refractivity contribution in [3.8, 4) is 0 Å². The molecule has 2 heteroatoms. The molecule has 8 heavy (non-hydrogen) atoms. The van der Waals surface area contributed by atoms with E-state index in [0.29, 0.717) is 0 Å². The summed E-state index contributed by atoms with van der Waals surface area (Å²) in [6.07, 6.45) is 1.97. The molecule has 0 fully saturated rings. The smallest absolute Gasteiger partial charge is 0.123 e. The zero-order chi connectivity index (χ0) is 6.41. The SMILES string of the molecule is C=CC(O)NCCC. The molecule has 1 unspecified atom stereocenters. The van der Waals surface area contributed by atoms with E-state index in [9.17, 15) is 0 Å². The van der Waals surface area contributed by atoms with Crippen LogP contribution in [0.1, 0.15) is 13.3 Å². The second kappa shape index (κ2) is 4.81. The summed E-state index contributed by atoms with van der Waals surface area (Å²) in [6, 6.07) is 0. The Balaban J connectivity index is 2.98. The Morgan fingerprint density at radius 2 is 2.50 bits per heavy atom. The molecule has 2 nitrogen and oxygen atoms in total. The van der Waals surface area contributed by atoms with Crippen molar-refractivity contribution >= 4 is 0 Å². The van der Waals surface area contributed by atoms with Crippen LogP contribution in [0.25, 0.3) is 0 Å². The Morgan fingerprint density at radius 1 is 1.88 bits per heavy atom. The molecule has 0 heterocycles. The van der Waals surface area contributed by atoms with E-state index in [1.54, 1.807) is 0 Å². The fraction of sp³-hybridized carbons (Fsp3) is 0.667. The molecular formula is C6H13NO. The molecule has 48 valence electrons. The van der Waals surface area contributed by atoms with E-state index >= 15 is 0 Å². The lowest BCUT2D eigenvalue weighted by molar-refractivity contribution is 0.185. The highest BCUT2D eigenvalue weighted by Crippen LogP contribution is 1.76. The fourth-order valence-corrected chi connectivity index (χ4v) is 0.376. The van der Waals surface area contributed by atoms with Gasteiger partial charge in [0.25, 0.3) is 0 Å². The molecule has 0 spiro atoms. The number of aliphatic hydroxyl groups excluding tert-OH is 1. The van der Waals surface area contributed by atoms with Crippen LogP contribution < -0.4 is 5.32 Å². The van der Waals surface area contributed by atoms with Gasteiger partial charge in [-0.2, -0.15) is 0 Å². The van der Waals surface area contributed by atoms with Crippen molar-refractivity contribution in [3.63, 3.8) is 0 Å². The molecule has 0 saturated carbocycles. The normalized spacial score (nSPS) is 13.2. The number of aliphatic hydroxyl groups is 1. The zero-order valence-corrected chi connectivity index (χ0v) is 5.22. The molecule has 0 aliphatic heterocycles. The van der Waals surface area contributed by atoms with Crippen molar-refractivity contribution in [3.05, 3.63) is 12.7 Å². The van der Waals surface area contributed by atoms with Crippen molar-refractivity contribution in [1.29, 1.82) is 0 Å². The maximum atomic E-state index is 8.76. The van der Waals surface area contributed by atoms with E-state index < -0.39 is 6.23 Å². The van der Waals surface area contributed by atoms with Gasteiger partial charge in [-0.3, -0.25) is 5.32 Å². The van der Waals surface area contributed by atoms with Gasteiger partial charge in [-0.15, -0.1) is 0 Å². The standard InChI is InChI=1S/C6H13NO/c1-3-5-7-6(8)4-2/h4,6-8H,2-3,5H2,1H3. The third-order valence-electron chi connectivity index (χ3n) is 0.827. The first-order chi connectivity index (χ1) is 3.81. The van der Waals surface area contributed by atoms with Crippen LogP contribution >= 0.6 is 0 Å². The number of rotatable bonds is 4. The first-order valence-corrected chi connectivity index (χ1v) is 2.85. The van der Waals surface area contributed by atoms with Gasteiger partial charge in [0.15, 0.2) is 0 Å². The topological polar surface area (TPSA) is 32.3 Å². The average molecular weight is 115 g/mol. The van der Waals surface area contributed by atoms with Crippen LogP contribution in [0, 0.1) is 0 Å². The van der Waals surface area contributed by atoms with Crippen molar-refractivity contribution in [2.45, 2.75) is 19.6 Å². The van der Waals surface area contributed by atoms with Gasteiger partial charge >= 0.3 is 0 Å². The van der Waals surface area contributed by atoms with Crippen LogP contribution in [0.3, 0.4) is 0 Å². The third kappa shape index (κ3) is 3.84. The highest BCUT2D eigenvalue weighted by molar-refractivity contribution is 4.74. The molecule has 0 aromatic carbocycles. The van der Waals surface area contributed by atoms with Crippen LogP contribution in [0.15, 0.2) is 12.7 Å². The quantitative estimate of drug-likeness (QED) is 0.413. The van der Waals surface area contributed by atoms with Gasteiger partial charge in [-0.25, -0.2) is 0 Å². The van der Waals surface area contributed by atoms with Gasteiger partial charge in [0.1, 0.15) is 6.23 Å². The first kappa shape index (κ1) is 7.66. The summed E-state index contributed by atoms with van der Waals surface area (Å²) in [4.78, 5) is 0. The van der Waals surface area contributed by atoms with Crippen LogP contribution in [-0.4, -0.2) is 17.9 Å². The Bertz CT molecular complexity index is 63.5. The maximum Gasteiger partial charge on any atom is 0.123 e. The third-order valence-corrected chi connectivity index (χ3v) is 0.827. The number of hydrogen-bond acceptors (Lipinski definition) is 2. The van der Waals surface area contributed by atoms with E-state index in [-0.39, 0.29) is 0 Å². The summed E-state index contributed by atoms with van der Waals surface area (Å²) in [5, 5.41) is 11.6. The van der Waals surface area contributed by atoms with Crippen LogP contribution in [-0.2, 0) is 0 Å². The second-order valence-corrected chi connectivity index (χ2v) is 1.63. The van der Waals surface area contributed by atoms with Gasteiger partial charge in [0.2, 0.25) is 0 Å². The Hall–Kier alpha value is -0.340. The molecule has 0 radical (unpaired) electrons. The van der Waals surface area contributed by atoms with Crippen molar-refractivity contribution in [1.82, 2.24) is 5.32 Å². The summed E-state index contributed by atoms with van der Waals surface area (Å²) in [5.74, 6) is 0. The molecule has 0 aliphatic rings. The fourth-order valence-electron chi connectivity index (χ4n) is 0.376. The minimum absolute atomic E-state index is 0.532. The molecule has 0 rings (SSSR count). The predicted molar refractivity (Wildman–Crippen MR) is 34.5 cm³/mol. The minimum Gasteiger partial charge on any atom is -0.375 e.